The summed E-state index contributed by atoms with van der Waals surface area (Å²) in [4.78, 5) is 24.1. The standard InChI is InChI=1S/C17H12F2N2O2/c1-10(22)21-9-13(12-4-2-3-5-16(12)21)17(23)20-11-6-7-14(18)15(19)8-11/h2-9H,1H3,(H,20,23). The van der Waals surface area contributed by atoms with E-state index in [2.05, 4.69) is 5.32 Å². The van der Waals surface area contributed by atoms with Gasteiger partial charge in [0.05, 0.1) is 11.1 Å². The van der Waals surface area contributed by atoms with Crippen LogP contribution in [0.3, 0.4) is 0 Å². The lowest BCUT2D eigenvalue weighted by molar-refractivity contribution is 0.0941. The van der Waals surface area contributed by atoms with Crippen molar-refractivity contribution >= 4 is 28.4 Å². The molecule has 6 heteroatoms. The van der Waals surface area contributed by atoms with Gasteiger partial charge in [-0.2, -0.15) is 0 Å². The Kier molecular flexibility index (Phi) is 3.65. The molecule has 0 aliphatic carbocycles. The Morgan fingerprint density at radius 1 is 1.04 bits per heavy atom. The molecule has 0 atom stereocenters. The van der Waals surface area contributed by atoms with E-state index in [0.29, 0.717) is 10.9 Å². The van der Waals surface area contributed by atoms with Gasteiger partial charge in [0, 0.05) is 30.3 Å². The van der Waals surface area contributed by atoms with Gasteiger partial charge in [0.1, 0.15) is 0 Å². The lowest BCUT2D eigenvalue weighted by Gasteiger charge is -2.04. The molecule has 0 aliphatic rings. The number of para-hydroxylation sites is 1. The van der Waals surface area contributed by atoms with Crippen molar-refractivity contribution in [2.24, 2.45) is 0 Å². The molecule has 3 aromatic rings. The van der Waals surface area contributed by atoms with Gasteiger partial charge in [-0.3, -0.25) is 14.2 Å². The Hall–Kier alpha value is -3.02. The molecule has 3 rings (SSSR count). The molecular weight excluding hydrogens is 302 g/mol. The Morgan fingerprint density at radius 2 is 1.78 bits per heavy atom. The van der Waals surface area contributed by atoms with E-state index in [9.17, 15) is 18.4 Å². The fourth-order valence-corrected chi connectivity index (χ4v) is 2.39. The minimum absolute atomic E-state index is 0.133. The maximum absolute atomic E-state index is 13.2. The van der Waals surface area contributed by atoms with Crippen molar-refractivity contribution in [3.63, 3.8) is 0 Å². The van der Waals surface area contributed by atoms with E-state index < -0.39 is 17.5 Å². The normalized spacial score (nSPS) is 10.7. The average molecular weight is 314 g/mol. The van der Waals surface area contributed by atoms with Gasteiger partial charge in [0.2, 0.25) is 5.91 Å². The number of aromatic nitrogens is 1. The summed E-state index contributed by atoms with van der Waals surface area (Å²) < 4.78 is 27.5. The molecule has 0 bridgehead atoms. The molecule has 0 unspecified atom stereocenters. The number of hydrogen-bond donors (Lipinski definition) is 1. The molecule has 1 aromatic heterocycles. The molecule has 1 heterocycles. The number of rotatable bonds is 2. The number of nitrogens with one attached hydrogen (secondary N) is 1. The quantitative estimate of drug-likeness (QED) is 0.781. The van der Waals surface area contributed by atoms with Crippen LogP contribution in [0.1, 0.15) is 22.1 Å². The van der Waals surface area contributed by atoms with Gasteiger partial charge < -0.3 is 5.32 Å². The van der Waals surface area contributed by atoms with Gasteiger partial charge in [-0.25, -0.2) is 8.78 Å². The number of carbonyl (C=O) groups is 2. The number of benzene rings is 2. The van der Waals surface area contributed by atoms with Crippen LogP contribution in [-0.2, 0) is 0 Å². The van der Waals surface area contributed by atoms with Crippen molar-refractivity contribution in [3.8, 4) is 0 Å². The Balaban J connectivity index is 2.01. The molecule has 116 valence electrons. The number of fused-ring (bicyclic) bond motifs is 1. The molecule has 1 amide bonds. The third-order valence-corrected chi connectivity index (χ3v) is 3.47. The highest BCUT2D eigenvalue weighted by atomic mass is 19.2. The summed E-state index contributed by atoms with van der Waals surface area (Å²) in [5.41, 5.74) is 1.02. The van der Waals surface area contributed by atoms with Crippen molar-refractivity contribution in [3.05, 3.63) is 65.9 Å². The largest absolute Gasteiger partial charge is 0.322 e. The van der Waals surface area contributed by atoms with E-state index in [1.807, 2.05) is 0 Å². The second-order valence-corrected chi connectivity index (χ2v) is 5.03. The Labute approximate surface area is 130 Å². The van der Waals surface area contributed by atoms with E-state index in [-0.39, 0.29) is 17.2 Å². The van der Waals surface area contributed by atoms with Crippen molar-refractivity contribution in [1.29, 1.82) is 0 Å². The van der Waals surface area contributed by atoms with Crippen LogP contribution in [0.2, 0.25) is 0 Å². The first-order chi connectivity index (χ1) is 11.0. The second-order valence-electron chi connectivity index (χ2n) is 5.03. The number of amides is 1. The molecule has 4 nitrogen and oxygen atoms in total. The minimum Gasteiger partial charge on any atom is -0.322 e. The molecule has 0 fully saturated rings. The summed E-state index contributed by atoms with van der Waals surface area (Å²) in [5, 5.41) is 3.10. The maximum Gasteiger partial charge on any atom is 0.257 e. The van der Waals surface area contributed by atoms with Gasteiger partial charge in [-0.05, 0) is 18.2 Å². The number of anilines is 1. The van der Waals surface area contributed by atoms with E-state index in [0.717, 1.165) is 12.1 Å². The van der Waals surface area contributed by atoms with Crippen LogP contribution in [-0.4, -0.2) is 16.4 Å². The summed E-state index contributed by atoms with van der Waals surface area (Å²) in [7, 11) is 0. The smallest absolute Gasteiger partial charge is 0.257 e. The lowest BCUT2D eigenvalue weighted by Crippen LogP contribution is -2.12. The average Bonchev–Trinajstić information content (AvgIpc) is 2.91. The Morgan fingerprint density at radius 3 is 2.48 bits per heavy atom. The predicted molar refractivity (Wildman–Crippen MR) is 82.5 cm³/mol. The minimum atomic E-state index is -1.05. The number of hydrogen-bond acceptors (Lipinski definition) is 2. The van der Waals surface area contributed by atoms with Crippen LogP contribution in [0.5, 0.6) is 0 Å². The number of carbonyl (C=O) groups excluding carboxylic acids is 2. The fourth-order valence-electron chi connectivity index (χ4n) is 2.39. The third-order valence-electron chi connectivity index (χ3n) is 3.47. The summed E-state index contributed by atoms with van der Waals surface area (Å²) >= 11 is 0. The van der Waals surface area contributed by atoms with Crippen LogP contribution in [0, 0.1) is 11.6 Å². The van der Waals surface area contributed by atoms with Gasteiger partial charge in [0.25, 0.3) is 5.91 Å². The first kappa shape index (κ1) is 14.9. The predicted octanol–water partition coefficient (Wildman–Crippen LogP) is 3.83. The monoisotopic (exact) mass is 314 g/mol. The van der Waals surface area contributed by atoms with E-state index in [1.165, 1.54) is 23.8 Å². The van der Waals surface area contributed by atoms with Crippen LogP contribution in [0.25, 0.3) is 10.9 Å². The summed E-state index contributed by atoms with van der Waals surface area (Å²) in [5.74, 6) is -2.77. The van der Waals surface area contributed by atoms with Crippen LogP contribution >= 0.6 is 0 Å². The van der Waals surface area contributed by atoms with Gasteiger partial charge in [-0.15, -0.1) is 0 Å². The zero-order valence-electron chi connectivity index (χ0n) is 12.1. The summed E-state index contributed by atoms with van der Waals surface area (Å²) in [6.45, 7) is 1.39. The van der Waals surface area contributed by atoms with Crippen LogP contribution in [0.4, 0.5) is 14.5 Å². The van der Waals surface area contributed by atoms with E-state index in [4.69, 9.17) is 0 Å². The molecule has 0 saturated carbocycles. The molecular formula is C17H12F2N2O2. The van der Waals surface area contributed by atoms with Gasteiger partial charge >= 0.3 is 0 Å². The number of halogens is 2. The van der Waals surface area contributed by atoms with Crippen LogP contribution in [0.15, 0.2) is 48.7 Å². The maximum atomic E-state index is 13.2. The van der Waals surface area contributed by atoms with Gasteiger partial charge in [-0.1, -0.05) is 18.2 Å². The topological polar surface area (TPSA) is 51.1 Å². The zero-order valence-corrected chi connectivity index (χ0v) is 12.1. The highest BCUT2D eigenvalue weighted by Gasteiger charge is 2.17. The molecule has 1 N–H and O–H groups in total. The highest BCUT2D eigenvalue weighted by Crippen LogP contribution is 2.23. The first-order valence-corrected chi connectivity index (χ1v) is 6.85. The van der Waals surface area contributed by atoms with E-state index in [1.54, 1.807) is 24.3 Å². The fraction of sp³-hybridized carbons (Fsp3) is 0.0588. The third kappa shape index (κ3) is 2.70. The van der Waals surface area contributed by atoms with Crippen molar-refractivity contribution in [2.75, 3.05) is 5.32 Å². The molecule has 0 aliphatic heterocycles. The first-order valence-electron chi connectivity index (χ1n) is 6.85. The van der Waals surface area contributed by atoms with E-state index >= 15 is 0 Å². The zero-order chi connectivity index (χ0) is 16.6. The summed E-state index contributed by atoms with van der Waals surface area (Å²) in [6.07, 6.45) is 1.43. The molecule has 0 saturated heterocycles. The highest BCUT2D eigenvalue weighted by molar-refractivity contribution is 6.14. The number of nitrogens with zero attached hydrogens (tertiary/aromatic N) is 1. The molecule has 23 heavy (non-hydrogen) atoms. The van der Waals surface area contributed by atoms with Gasteiger partial charge in [0.15, 0.2) is 11.6 Å². The molecule has 0 spiro atoms. The van der Waals surface area contributed by atoms with Crippen molar-refractivity contribution in [2.45, 2.75) is 6.92 Å². The molecule has 2 aromatic carbocycles. The van der Waals surface area contributed by atoms with Crippen molar-refractivity contribution < 1.29 is 18.4 Å². The SMILES string of the molecule is CC(=O)n1cc(C(=O)Nc2ccc(F)c(F)c2)c2ccccc21. The van der Waals surface area contributed by atoms with Crippen LogP contribution < -0.4 is 5.32 Å². The molecule has 0 radical (unpaired) electrons. The van der Waals surface area contributed by atoms with Crippen molar-refractivity contribution in [1.82, 2.24) is 4.57 Å². The summed E-state index contributed by atoms with van der Waals surface area (Å²) in [6, 6.07) is 10.1. The second kappa shape index (κ2) is 5.64. The Bertz CT molecular complexity index is 931. The lowest BCUT2D eigenvalue weighted by atomic mass is 10.1.